The molecule has 2 aromatic carbocycles. The van der Waals surface area contributed by atoms with E-state index in [1.54, 1.807) is 0 Å². The predicted octanol–water partition coefficient (Wildman–Crippen LogP) is 8.79. The number of hydrogen-bond donors (Lipinski definition) is 0. The Hall–Kier alpha value is -1.47. The molecule has 0 aliphatic heterocycles. The summed E-state index contributed by atoms with van der Waals surface area (Å²) in [6.45, 7) is 3.00. The zero-order chi connectivity index (χ0) is 19.6. The first kappa shape index (κ1) is 21.2. The summed E-state index contributed by atoms with van der Waals surface area (Å²) in [5, 5.41) is 0.708. The molecule has 0 saturated heterocycles. The first-order valence-electron chi connectivity index (χ1n) is 11.3. The van der Waals surface area contributed by atoms with Gasteiger partial charge in [-0.25, -0.2) is 0 Å². The molecule has 1 saturated carbocycles. The third-order valence-corrected chi connectivity index (χ3v) is 6.30. The fourth-order valence-electron chi connectivity index (χ4n) is 4.25. The molecule has 0 N–H and O–H groups in total. The highest BCUT2D eigenvalue weighted by Gasteiger charge is 2.15. The molecule has 2 heteroatoms. The summed E-state index contributed by atoms with van der Waals surface area (Å²) >= 11 is 6.49. The molecule has 1 aliphatic rings. The molecule has 1 nitrogen and oxygen atoms in total. The highest BCUT2D eigenvalue weighted by atomic mass is 35.5. The predicted molar refractivity (Wildman–Crippen MR) is 122 cm³/mol. The Labute approximate surface area is 176 Å². The Kier molecular flexibility index (Phi) is 8.73. The Bertz CT molecular complexity index is 701. The molecular formula is C26H35ClO. The highest BCUT2D eigenvalue weighted by Crippen LogP contribution is 2.35. The molecule has 0 atom stereocenters. The second-order valence-electron chi connectivity index (χ2n) is 8.22. The third kappa shape index (κ3) is 6.27. The van der Waals surface area contributed by atoms with Crippen LogP contribution in [0.25, 0.3) is 11.1 Å². The lowest BCUT2D eigenvalue weighted by molar-refractivity contribution is 0.304. The minimum Gasteiger partial charge on any atom is -0.492 e. The summed E-state index contributed by atoms with van der Waals surface area (Å²) in [6, 6.07) is 15.3. The van der Waals surface area contributed by atoms with Crippen molar-refractivity contribution in [2.24, 2.45) is 0 Å². The molecule has 152 valence electrons. The lowest BCUT2D eigenvalue weighted by Gasteiger charge is -2.22. The van der Waals surface area contributed by atoms with Crippen LogP contribution in [0.3, 0.4) is 0 Å². The van der Waals surface area contributed by atoms with Crippen molar-refractivity contribution in [3.05, 3.63) is 53.1 Å². The van der Waals surface area contributed by atoms with E-state index in [0.717, 1.165) is 30.3 Å². The summed E-state index contributed by atoms with van der Waals surface area (Å²) in [7, 11) is 0. The summed E-state index contributed by atoms with van der Waals surface area (Å²) < 4.78 is 5.90. The van der Waals surface area contributed by atoms with E-state index < -0.39 is 0 Å². The van der Waals surface area contributed by atoms with Crippen LogP contribution < -0.4 is 4.74 Å². The van der Waals surface area contributed by atoms with Gasteiger partial charge in [-0.1, -0.05) is 100 Å². The average Bonchev–Trinajstić information content (AvgIpc) is 2.75. The van der Waals surface area contributed by atoms with Crippen molar-refractivity contribution in [3.8, 4) is 16.9 Å². The highest BCUT2D eigenvalue weighted by molar-refractivity contribution is 6.32. The van der Waals surface area contributed by atoms with Crippen LogP contribution in [0.15, 0.2) is 42.5 Å². The zero-order valence-electron chi connectivity index (χ0n) is 17.4. The largest absolute Gasteiger partial charge is 0.492 e. The van der Waals surface area contributed by atoms with E-state index in [9.17, 15) is 0 Å². The second kappa shape index (κ2) is 11.5. The Morgan fingerprint density at radius 2 is 1.50 bits per heavy atom. The van der Waals surface area contributed by atoms with Gasteiger partial charge in [0.15, 0.2) is 0 Å². The van der Waals surface area contributed by atoms with Gasteiger partial charge in [0, 0.05) is 0 Å². The molecule has 2 aromatic rings. The van der Waals surface area contributed by atoms with Crippen molar-refractivity contribution in [1.82, 2.24) is 0 Å². The molecule has 0 bridgehead atoms. The van der Waals surface area contributed by atoms with E-state index in [4.69, 9.17) is 16.3 Å². The smallest absolute Gasteiger partial charge is 0.137 e. The van der Waals surface area contributed by atoms with Crippen molar-refractivity contribution in [2.75, 3.05) is 6.61 Å². The van der Waals surface area contributed by atoms with Crippen LogP contribution in [0.2, 0.25) is 5.02 Å². The van der Waals surface area contributed by atoms with Crippen LogP contribution in [0.5, 0.6) is 5.75 Å². The Morgan fingerprint density at radius 3 is 2.21 bits per heavy atom. The maximum Gasteiger partial charge on any atom is 0.137 e. The Balaban J connectivity index is 1.51. The van der Waals surface area contributed by atoms with E-state index in [2.05, 4.69) is 37.3 Å². The fraction of sp³-hybridized carbons (Fsp3) is 0.538. The van der Waals surface area contributed by atoms with Gasteiger partial charge < -0.3 is 4.74 Å². The van der Waals surface area contributed by atoms with E-state index >= 15 is 0 Å². The van der Waals surface area contributed by atoms with Crippen LogP contribution >= 0.6 is 11.6 Å². The third-order valence-electron chi connectivity index (χ3n) is 6.01. The van der Waals surface area contributed by atoms with E-state index in [1.165, 1.54) is 75.3 Å². The number of hydrogen-bond acceptors (Lipinski definition) is 1. The fourth-order valence-corrected chi connectivity index (χ4v) is 4.48. The van der Waals surface area contributed by atoms with Gasteiger partial charge in [0.05, 0.1) is 11.6 Å². The number of halogens is 1. The van der Waals surface area contributed by atoms with Gasteiger partial charge in [-0.15, -0.1) is 0 Å². The monoisotopic (exact) mass is 398 g/mol. The van der Waals surface area contributed by atoms with E-state index in [-0.39, 0.29) is 0 Å². The summed E-state index contributed by atoms with van der Waals surface area (Å²) in [5.41, 5.74) is 3.88. The van der Waals surface area contributed by atoms with Crippen LogP contribution in [0.4, 0.5) is 0 Å². The molecule has 0 spiro atoms. The van der Waals surface area contributed by atoms with Crippen LogP contribution in [0, 0.1) is 0 Å². The standard InChI is InChI=1S/C26H35ClO/c1-2-3-4-5-6-10-19-28-26-18-17-24(20-25(26)27)23-15-13-22(14-16-23)21-11-8-7-9-12-21/h13-18,20-21H,2-12,19H2,1H3. The molecule has 0 radical (unpaired) electrons. The van der Waals surface area contributed by atoms with Gasteiger partial charge in [0.25, 0.3) is 0 Å². The summed E-state index contributed by atoms with van der Waals surface area (Å²) in [5.74, 6) is 1.56. The average molecular weight is 399 g/mol. The lowest BCUT2D eigenvalue weighted by atomic mass is 9.84. The van der Waals surface area contributed by atoms with Crippen LogP contribution in [-0.4, -0.2) is 6.61 Å². The summed E-state index contributed by atoms with van der Waals surface area (Å²) in [4.78, 5) is 0. The second-order valence-corrected chi connectivity index (χ2v) is 8.63. The van der Waals surface area contributed by atoms with E-state index in [1.807, 2.05) is 12.1 Å². The normalized spacial score (nSPS) is 14.9. The van der Waals surface area contributed by atoms with Crippen LogP contribution in [0.1, 0.15) is 89.0 Å². The first-order valence-corrected chi connectivity index (χ1v) is 11.7. The number of rotatable bonds is 10. The molecular weight excluding hydrogens is 364 g/mol. The molecule has 1 fully saturated rings. The van der Waals surface area contributed by atoms with Crippen molar-refractivity contribution >= 4 is 11.6 Å². The zero-order valence-corrected chi connectivity index (χ0v) is 18.1. The molecule has 1 aliphatic carbocycles. The lowest BCUT2D eigenvalue weighted by Crippen LogP contribution is -2.04. The molecule has 0 amide bonds. The topological polar surface area (TPSA) is 9.23 Å². The SMILES string of the molecule is CCCCCCCCOc1ccc(-c2ccc(C3CCCCC3)cc2)cc1Cl. The molecule has 28 heavy (non-hydrogen) atoms. The van der Waals surface area contributed by atoms with Crippen molar-refractivity contribution in [2.45, 2.75) is 83.5 Å². The minimum absolute atomic E-state index is 0.708. The molecule has 0 aromatic heterocycles. The van der Waals surface area contributed by atoms with Gasteiger partial charge in [-0.2, -0.15) is 0 Å². The van der Waals surface area contributed by atoms with Gasteiger partial charge in [0.1, 0.15) is 5.75 Å². The number of ether oxygens (including phenoxy) is 1. The van der Waals surface area contributed by atoms with E-state index in [0.29, 0.717) is 5.02 Å². The molecule has 0 unspecified atom stereocenters. The summed E-state index contributed by atoms with van der Waals surface area (Å²) in [6.07, 6.45) is 14.5. The number of benzene rings is 2. The van der Waals surface area contributed by atoms with Gasteiger partial charge in [-0.05, 0) is 54.0 Å². The Morgan fingerprint density at radius 1 is 0.821 bits per heavy atom. The maximum absolute atomic E-state index is 6.49. The van der Waals surface area contributed by atoms with Gasteiger partial charge in [0.2, 0.25) is 0 Å². The van der Waals surface area contributed by atoms with Crippen molar-refractivity contribution in [1.29, 1.82) is 0 Å². The van der Waals surface area contributed by atoms with Crippen LogP contribution in [-0.2, 0) is 0 Å². The maximum atomic E-state index is 6.49. The first-order chi connectivity index (χ1) is 13.8. The quantitative estimate of drug-likeness (QED) is 0.363. The molecule has 3 rings (SSSR count). The van der Waals surface area contributed by atoms with Crippen molar-refractivity contribution in [3.63, 3.8) is 0 Å². The van der Waals surface area contributed by atoms with Gasteiger partial charge >= 0.3 is 0 Å². The minimum atomic E-state index is 0.708. The molecule has 0 heterocycles. The van der Waals surface area contributed by atoms with Crippen molar-refractivity contribution < 1.29 is 4.74 Å². The van der Waals surface area contributed by atoms with Gasteiger partial charge in [-0.3, -0.25) is 0 Å². The number of unbranched alkanes of at least 4 members (excludes halogenated alkanes) is 5.